The van der Waals surface area contributed by atoms with Gasteiger partial charge in [0, 0.05) is 19.7 Å². The summed E-state index contributed by atoms with van der Waals surface area (Å²) in [4.78, 5) is 12.3. The molecule has 0 bridgehead atoms. The van der Waals surface area contributed by atoms with Crippen LogP contribution in [0.5, 0.6) is 0 Å². The first-order valence-electron chi connectivity index (χ1n) is 6.42. The Kier molecular flexibility index (Phi) is 4.31. The fourth-order valence-electron chi connectivity index (χ4n) is 2.34. The summed E-state index contributed by atoms with van der Waals surface area (Å²) in [6.07, 6.45) is 2.09. The molecule has 1 heterocycles. The van der Waals surface area contributed by atoms with Crippen LogP contribution in [-0.2, 0) is 4.74 Å². The van der Waals surface area contributed by atoms with Crippen LogP contribution >= 0.6 is 0 Å². The van der Waals surface area contributed by atoms with E-state index in [0.29, 0.717) is 18.8 Å². The van der Waals surface area contributed by atoms with Crippen molar-refractivity contribution in [3.63, 3.8) is 0 Å². The average Bonchev–Trinajstić information content (AvgIpc) is 2.89. The van der Waals surface area contributed by atoms with Crippen LogP contribution in [0.1, 0.15) is 19.8 Å². The number of nitro benzene ring substituents is 1. The third kappa shape index (κ3) is 3.20. The number of nitro groups is 1. The third-order valence-electron chi connectivity index (χ3n) is 3.30. The minimum atomic E-state index is -0.594. The molecule has 2 rings (SSSR count). The highest BCUT2D eigenvalue weighted by Crippen LogP contribution is 2.29. The molecular formula is C13H17FN2O3. The maximum absolute atomic E-state index is 13.1. The Hall–Kier alpha value is -1.69. The summed E-state index contributed by atoms with van der Waals surface area (Å²) in [5.41, 5.74) is 0.254. The first kappa shape index (κ1) is 13.7. The smallest absolute Gasteiger partial charge is 0.295 e. The van der Waals surface area contributed by atoms with Crippen LogP contribution in [0.4, 0.5) is 15.8 Å². The van der Waals surface area contributed by atoms with Crippen LogP contribution in [-0.4, -0.2) is 30.7 Å². The normalized spacial score (nSPS) is 18.5. The lowest BCUT2D eigenvalue weighted by Crippen LogP contribution is -2.32. The van der Waals surface area contributed by atoms with Crippen LogP contribution < -0.4 is 4.90 Å². The van der Waals surface area contributed by atoms with E-state index in [0.717, 1.165) is 25.5 Å². The number of halogens is 1. The fraction of sp³-hybridized carbons (Fsp3) is 0.538. The first-order valence-corrected chi connectivity index (χ1v) is 6.42. The molecular weight excluding hydrogens is 251 g/mol. The summed E-state index contributed by atoms with van der Waals surface area (Å²) in [6, 6.07) is 3.68. The zero-order valence-corrected chi connectivity index (χ0v) is 10.8. The van der Waals surface area contributed by atoms with Crippen molar-refractivity contribution in [2.24, 2.45) is 0 Å². The monoisotopic (exact) mass is 268 g/mol. The lowest BCUT2D eigenvalue weighted by molar-refractivity contribution is -0.384. The Morgan fingerprint density at radius 3 is 2.95 bits per heavy atom. The van der Waals surface area contributed by atoms with Crippen LogP contribution in [0.15, 0.2) is 18.2 Å². The predicted molar refractivity (Wildman–Crippen MR) is 69.9 cm³/mol. The van der Waals surface area contributed by atoms with Gasteiger partial charge in [-0.1, -0.05) is 0 Å². The second kappa shape index (κ2) is 5.97. The molecule has 0 saturated carbocycles. The third-order valence-corrected chi connectivity index (χ3v) is 3.30. The van der Waals surface area contributed by atoms with E-state index in [9.17, 15) is 14.5 Å². The molecule has 0 radical (unpaired) electrons. The average molecular weight is 268 g/mol. The number of anilines is 1. The van der Waals surface area contributed by atoms with E-state index < -0.39 is 10.7 Å². The standard InChI is InChI=1S/C13H17FN2O3/c1-2-15(9-11-4-3-7-19-11)12-6-5-10(14)8-13(12)16(17)18/h5-6,8,11H,2-4,7,9H2,1H3. The van der Waals surface area contributed by atoms with E-state index in [1.165, 1.54) is 12.1 Å². The van der Waals surface area contributed by atoms with Gasteiger partial charge < -0.3 is 9.64 Å². The highest BCUT2D eigenvalue weighted by molar-refractivity contribution is 5.63. The minimum Gasteiger partial charge on any atom is -0.376 e. The van der Waals surface area contributed by atoms with E-state index in [4.69, 9.17) is 4.74 Å². The number of rotatable bonds is 5. The van der Waals surface area contributed by atoms with Crippen molar-refractivity contribution in [2.75, 3.05) is 24.6 Å². The van der Waals surface area contributed by atoms with E-state index in [1.807, 2.05) is 11.8 Å². The summed E-state index contributed by atoms with van der Waals surface area (Å²) in [6.45, 7) is 3.88. The Labute approximate surface area is 111 Å². The topological polar surface area (TPSA) is 55.6 Å². The fourth-order valence-corrected chi connectivity index (χ4v) is 2.34. The Morgan fingerprint density at radius 1 is 1.58 bits per heavy atom. The van der Waals surface area contributed by atoms with Gasteiger partial charge in [-0.2, -0.15) is 0 Å². The van der Waals surface area contributed by atoms with Crippen molar-refractivity contribution in [3.05, 3.63) is 34.1 Å². The molecule has 0 N–H and O–H groups in total. The highest BCUT2D eigenvalue weighted by Gasteiger charge is 2.24. The molecule has 1 aromatic rings. The van der Waals surface area contributed by atoms with Crippen LogP contribution in [0, 0.1) is 15.9 Å². The second-order valence-corrected chi connectivity index (χ2v) is 4.56. The zero-order chi connectivity index (χ0) is 13.8. The Balaban J connectivity index is 2.23. The lowest BCUT2D eigenvalue weighted by atomic mass is 10.2. The molecule has 1 atom stereocenters. The lowest BCUT2D eigenvalue weighted by Gasteiger charge is -2.25. The van der Waals surface area contributed by atoms with E-state index >= 15 is 0 Å². The van der Waals surface area contributed by atoms with Gasteiger partial charge in [-0.25, -0.2) is 4.39 Å². The summed E-state index contributed by atoms with van der Waals surface area (Å²) >= 11 is 0. The van der Waals surface area contributed by atoms with Crippen molar-refractivity contribution < 1.29 is 14.1 Å². The molecule has 1 aromatic carbocycles. The maximum Gasteiger partial charge on any atom is 0.295 e. The molecule has 5 nitrogen and oxygen atoms in total. The molecule has 6 heteroatoms. The van der Waals surface area contributed by atoms with Crippen molar-refractivity contribution in [1.29, 1.82) is 0 Å². The van der Waals surface area contributed by atoms with Gasteiger partial charge in [0.25, 0.3) is 5.69 Å². The number of benzene rings is 1. The Bertz CT molecular complexity index is 461. The van der Waals surface area contributed by atoms with Gasteiger partial charge in [-0.05, 0) is 31.9 Å². The molecule has 1 saturated heterocycles. The molecule has 0 aromatic heterocycles. The van der Waals surface area contributed by atoms with Gasteiger partial charge in [0.2, 0.25) is 0 Å². The minimum absolute atomic E-state index is 0.101. The summed E-state index contributed by atoms with van der Waals surface area (Å²) in [5.74, 6) is -0.594. The van der Waals surface area contributed by atoms with E-state index in [2.05, 4.69) is 0 Å². The molecule has 0 spiro atoms. The molecule has 19 heavy (non-hydrogen) atoms. The van der Waals surface area contributed by atoms with E-state index in [1.54, 1.807) is 0 Å². The van der Waals surface area contributed by atoms with Gasteiger partial charge in [-0.3, -0.25) is 10.1 Å². The summed E-state index contributed by atoms with van der Waals surface area (Å²) in [7, 11) is 0. The van der Waals surface area contributed by atoms with Crippen molar-refractivity contribution in [1.82, 2.24) is 0 Å². The van der Waals surface area contributed by atoms with Gasteiger partial charge in [0.1, 0.15) is 11.5 Å². The van der Waals surface area contributed by atoms with Gasteiger partial charge in [0.15, 0.2) is 0 Å². The SMILES string of the molecule is CCN(CC1CCCO1)c1ccc(F)cc1[N+](=O)[O-]. The maximum atomic E-state index is 13.1. The molecule has 104 valence electrons. The van der Waals surface area contributed by atoms with Crippen molar-refractivity contribution >= 4 is 11.4 Å². The second-order valence-electron chi connectivity index (χ2n) is 4.56. The number of hydrogen-bond acceptors (Lipinski definition) is 4. The zero-order valence-electron chi connectivity index (χ0n) is 10.8. The van der Waals surface area contributed by atoms with E-state index in [-0.39, 0.29) is 11.8 Å². The van der Waals surface area contributed by atoms with Crippen molar-refractivity contribution in [3.8, 4) is 0 Å². The summed E-state index contributed by atoms with van der Waals surface area (Å²) in [5, 5.41) is 11.0. The quantitative estimate of drug-likeness (QED) is 0.608. The largest absolute Gasteiger partial charge is 0.376 e. The Morgan fingerprint density at radius 2 is 2.37 bits per heavy atom. The summed E-state index contributed by atoms with van der Waals surface area (Å²) < 4.78 is 18.7. The molecule has 1 aliphatic rings. The highest BCUT2D eigenvalue weighted by atomic mass is 19.1. The number of hydrogen-bond donors (Lipinski definition) is 0. The van der Waals surface area contributed by atoms with Crippen LogP contribution in [0.25, 0.3) is 0 Å². The number of ether oxygens (including phenoxy) is 1. The molecule has 0 amide bonds. The van der Waals surface area contributed by atoms with Gasteiger partial charge in [-0.15, -0.1) is 0 Å². The van der Waals surface area contributed by atoms with Crippen LogP contribution in [0.2, 0.25) is 0 Å². The predicted octanol–water partition coefficient (Wildman–Crippen LogP) is 2.74. The number of likely N-dealkylation sites (N-methyl/N-ethyl adjacent to an activating group) is 1. The molecule has 1 fully saturated rings. The first-order chi connectivity index (χ1) is 9.11. The van der Waals surface area contributed by atoms with Gasteiger partial charge >= 0.3 is 0 Å². The molecule has 0 aliphatic carbocycles. The molecule has 1 unspecified atom stereocenters. The van der Waals surface area contributed by atoms with Crippen molar-refractivity contribution in [2.45, 2.75) is 25.9 Å². The van der Waals surface area contributed by atoms with Gasteiger partial charge in [0.05, 0.1) is 17.1 Å². The molecule has 1 aliphatic heterocycles. The van der Waals surface area contributed by atoms with Crippen LogP contribution in [0.3, 0.4) is 0 Å². The number of nitrogens with zero attached hydrogens (tertiary/aromatic N) is 2.